The fourth-order valence-corrected chi connectivity index (χ4v) is 6.45. The van der Waals surface area contributed by atoms with E-state index in [0.29, 0.717) is 28.4 Å². The molecule has 6 rings (SSSR count). The molecular weight excluding hydrogens is 495 g/mol. The van der Waals surface area contributed by atoms with Gasteiger partial charge >= 0.3 is 0 Å². The summed E-state index contributed by atoms with van der Waals surface area (Å²) in [6, 6.07) is 10.1. The van der Waals surface area contributed by atoms with Gasteiger partial charge in [0.15, 0.2) is 5.69 Å². The number of ether oxygens (including phenoxy) is 1. The first-order chi connectivity index (χ1) is 17.0. The topological polar surface area (TPSA) is 64.0 Å². The van der Waals surface area contributed by atoms with Crippen molar-refractivity contribution in [3.63, 3.8) is 0 Å². The lowest BCUT2D eigenvalue weighted by atomic mass is 9.93. The summed E-state index contributed by atoms with van der Waals surface area (Å²) in [5.41, 5.74) is 1.25. The van der Waals surface area contributed by atoms with E-state index in [0.717, 1.165) is 5.56 Å². The average Bonchev–Trinajstić information content (AvgIpc) is 3.03. The number of thioether (sulfide) groups is 1. The van der Waals surface area contributed by atoms with E-state index in [1.165, 1.54) is 40.8 Å². The fraction of sp³-hybridized carbons (Fsp3) is 0.250. The predicted molar refractivity (Wildman–Crippen MR) is 129 cm³/mol. The molecule has 2 aromatic carbocycles. The molecule has 0 bridgehead atoms. The second-order valence-corrected chi connectivity index (χ2v) is 9.64. The molecular formula is C24H20F2N3O4PS. The first-order valence-corrected chi connectivity index (χ1v) is 12.4. The van der Waals surface area contributed by atoms with E-state index in [-0.39, 0.29) is 30.5 Å². The molecule has 0 radical (unpaired) electrons. The van der Waals surface area contributed by atoms with Crippen molar-refractivity contribution in [1.82, 2.24) is 9.58 Å². The van der Waals surface area contributed by atoms with Crippen LogP contribution < -0.4 is 15.0 Å². The van der Waals surface area contributed by atoms with Gasteiger partial charge in [0, 0.05) is 35.0 Å². The highest BCUT2D eigenvalue weighted by atomic mass is 32.2. The van der Waals surface area contributed by atoms with Gasteiger partial charge in [-0.1, -0.05) is 24.3 Å². The summed E-state index contributed by atoms with van der Waals surface area (Å²) in [5, 5.41) is 1.80. The summed E-state index contributed by atoms with van der Waals surface area (Å²) in [6.45, 7) is 0.758. The van der Waals surface area contributed by atoms with Crippen LogP contribution in [-0.2, 0) is 10.5 Å². The summed E-state index contributed by atoms with van der Waals surface area (Å²) in [6.07, 6.45) is 0.854. The molecule has 1 amide bonds. The van der Waals surface area contributed by atoms with Gasteiger partial charge in [-0.3, -0.25) is 19.3 Å². The van der Waals surface area contributed by atoms with E-state index >= 15 is 8.78 Å². The van der Waals surface area contributed by atoms with Crippen LogP contribution in [0.2, 0.25) is 0 Å². The van der Waals surface area contributed by atoms with E-state index in [1.807, 2.05) is 15.5 Å². The summed E-state index contributed by atoms with van der Waals surface area (Å²) < 4.78 is 43.2. The van der Waals surface area contributed by atoms with Gasteiger partial charge in [0.2, 0.25) is 11.2 Å². The van der Waals surface area contributed by atoms with E-state index < -0.39 is 29.3 Å². The Labute approximate surface area is 205 Å². The van der Waals surface area contributed by atoms with Crippen LogP contribution in [0.25, 0.3) is 0 Å². The Hall–Kier alpha value is -2.94. The van der Waals surface area contributed by atoms with E-state index in [1.54, 1.807) is 28.1 Å². The number of benzene rings is 2. The Morgan fingerprint density at radius 3 is 2.71 bits per heavy atom. The summed E-state index contributed by atoms with van der Waals surface area (Å²) in [4.78, 5) is 28.1. The standard InChI is InChI=1S/C24H20F2N3O4PS/c25-15-5-1-3-13-12-35-23-14(4-2-6-16(23)26)20(19(13)15)29-18-11-32-10-9-27(18)24(31)21-22(33-34)17(30)7-8-28(21)29/h1-8,18,20H,9-12,34H2/t18-,20-/m1/s1. The smallest absolute Gasteiger partial charge is 0.278 e. The summed E-state index contributed by atoms with van der Waals surface area (Å²) in [7, 11) is 2.02. The lowest BCUT2D eigenvalue weighted by Crippen LogP contribution is -2.66. The maximum absolute atomic E-state index is 15.6. The number of aromatic nitrogens is 1. The highest BCUT2D eigenvalue weighted by molar-refractivity contribution is 7.98. The molecule has 0 N–H and O–H groups in total. The number of halogens is 2. The Bertz CT molecular complexity index is 1420. The summed E-state index contributed by atoms with van der Waals surface area (Å²) >= 11 is 1.31. The second-order valence-electron chi connectivity index (χ2n) is 8.42. The van der Waals surface area contributed by atoms with Crippen molar-refractivity contribution >= 4 is 27.1 Å². The van der Waals surface area contributed by atoms with Crippen molar-refractivity contribution in [3.05, 3.63) is 92.9 Å². The van der Waals surface area contributed by atoms with Crippen LogP contribution in [0.4, 0.5) is 8.78 Å². The number of rotatable bonds is 2. The van der Waals surface area contributed by atoms with Crippen LogP contribution in [0.5, 0.6) is 5.75 Å². The first kappa shape index (κ1) is 22.5. The molecule has 0 saturated carbocycles. The molecule has 1 aromatic heterocycles. The first-order valence-electron chi connectivity index (χ1n) is 11.0. The van der Waals surface area contributed by atoms with Gasteiger partial charge in [0.1, 0.15) is 23.8 Å². The number of carbonyl (C=O) groups excluding carboxylic acids is 1. The lowest BCUT2D eigenvalue weighted by Gasteiger charge is -2.51. The quantitative estimate of drug-likeness (QED) is 0.488. The van der Waals surface area contributed by atoms with Crippen LogP contribution in [0, 0.1) is 11.6 Å². The molecule has 3 atom stereocenters. The van der Waals surface area contributed by atoms with Gasteiger partial charge in [-0.15, -0.1) is 11.8 Å². The zero-order valence-corrected chi connectivity index (χ0v) is 20.3. The van der Waals surface area contributed by atoms with Crippen LogP contribution >= 0.6 is 21.2 Å². The zero-order valence-electron chi connectivity index (χ0n) is 18.3. The number of hydrogen-bond donors (Lipinski definition) is 0. The number of hydrogen-bond acceptors (Lipinski definition) is 6. The predicted octanol–water partition coefficient (Wildman–Crippen LogP) is 3.44. The molecule has 7 nitrogen and oxygen atoms in total. The SMILES string of the molecule is O=C1c2c(OP)c(=O)ccn2N([C@@H]2c3cccc(F)c3SCc3cccc(F)c32)[C@@H]2COCCN12. The number of pyridine rings is 1. The average molecular weight is 515 g/mol. The maximum atomic E-state index is 15.6. The van der Waals surface area contributed by atoms with Crippen molar-refractivity contribution in [1.29, 1.82) is 0 Å². The molecule has 1 saturated heterocycles. The Morgan fingerprint density at radius 2 is 1.89 bits per heavy atom. The van der Waals surface area contributed by atoms with Crippen LogP contribution in [0.3, 0.4) is 0 Å². The Balaban J connectivity index is 1.69. The Morgan fingerprint density at radius 1 is 1.09 bits per heavy atom. The highest BCUT2D eigenvalue weighted by Gasteiger charge is 2.46. The number of morpholine rings is 1. The van der Waals surface area contributed by atoms with Crippen molar-refractivity contribution < 1.29 is 22.8 Å². The third kappa shape index (κ3) is 3.38. The van der Waals surface area contributed by atoms with Crippen molar-refractivity contribution in [2.24, 2.45) is 0 Å². The molecule has 4 heterocycles. The minimum Gasteiger partial charge on any atom is -0.474 e. The van der Waals surface area contributed by atoms with E-state index in [9.17, 15) is 9.59 Å². The largest absolute Gasteiger partial charge is 0.474 e. The van der Waals surface area contributed by atoms with Gasteiger partial charge in [0.05, 0.1) is 22.7 Å². The van der Waals surface area contributed by atoms with Gasteiger partial charge in [0.25, 0.3) is 5.91 Å². The third-order valence-electron chi connectivity index (χ3n) is 6.62. The molecule has 3 aromatic rings. The number of nitrogens with zero attached hydrogens (tertiary/aromatic N) is 3. The molecule has 11 heteroatoms. The van der Waals surface area contributed by atoms with E-state index in [4.69, 9.17) is 9.26 Å². The van der Waals surface area contributed by atoms with Gasteiger partial charge in [-0.25, -0.2) is 8.78 Å². The molecule has 35 heavy (non-hydrogen) atoms. The number of amides is 1. The monoisotopic (exact) mass is 515 g/mol. The zero-order chi connectivity index (χ0) is 24.3. The minimum absolute atomic E-state index is 0.0263. The van der Waals surface area contributed by atoms with Crippen molar-refractivity contribution in [2.75, 3.05) is 24.8 Å². The highest BCUT2D eigenvalue weighted by Crippen LogP contribution is 2.46. The van der Waals surface area contributed by atoms with Gasteiger partial charge in [-0.2, -0.15) is 0 Å². The molecule has 0 aliphatic carbocycles. The number of carbonyl (C=O) groups is 1. The third-order valence-corrected chi connectivity index (χ3v) is 8.03. The molecule has 0 spiro atoms. The van der Waals surface area contributed by atoms with Crippen LogP contribution in [-0.4, -0.2) is 41.4 Å². The van der Waals surface area contributed by atoms with Crippen molar-refractivity contribution in [3.8, 4) is 5.75 Å². The number of fused-ring (bicyclic) bond motifs is 4. The van der Waals surface area contributed by atoms with Crippen LogP contribution in [0.15, 0.2) is 58.4 Å². The van der Waals surface area contributed by atoms with Crippen molar-refractivity contribution in [2.45, 2.75) is 22.9 Å². The molecule has 3 aliphatic rings. The molecule has 180 valence electrons. The maximum Gasteiger partial charge on any atom is 0.278 e. The molecule has 1 fully saturated rings. The van der Waals surface area contributed by atoms with Crippen LogP contribution in [0.1, 0.15) is 33.2 Å². The fourth-order valence-electron chi connectivity index (χ4n) is 5.12. The second kappa shape index (κ2) is 8.62. The normalized spacial score (nSPS) is 20.9. The minimum atomic E-state index is -0.812. The summed E-state index contributed by atoms with van der Waals surface area (Å²) in [5.74, 6) is -0.971. The van der Waals surface area contributed by atoms with E-state index in [2.05, 4.69) is 0 Å². The molecule has 3 aliphatic heterocycles. The Kier molecular flexibility index (Phi) is 5.55. The lowest BCUT2D eigenvalue weighted by molar-refractivity contribution is -0.0197. The molecule has 1 unspecified atom stereocenters. The van der Waals surface area contributed by atoms with Gasteiger partial charge < -0.3 is 14.2 Å². The van der Waals surface area contributed by atoms with Gasteiger partial charge in [-0.05, 0) is 23.3 Å².